The van der Waals surface area contributed by atoms with Gasteiger partial charge in [-0.2, -0.15) is 0 Å². The molecule has 0 aromatic carbocycles. The van der Waals surface area contributed by atoms with Crippen molar-refractivity contribution < 1.29 is 4.79 Å². The first-order valence-corrected chi connectivity index (χ1v) is 9.89. The Kier molecular flexibility index (Phi) is 3.97. The molecule has 0 bridgehead atoms. The van der Waals surface area contributed by atoms with Crippen molar-refractivity contribution in [1.29, 1.82) is 0 Å². The summed E-state index contributed by atoms with van der Waals surface area (Å²) in [6.45, 7) is 1.96. The predicted molar refractivity (Wildman–Crippen MR) is 109 cm³/mol. The van der Waals surface area contributed by atoms with Crippen LogP contribution in [-0.2, 0) is 19.5 Å². The van der Waals surface area contributed by atoms with Gasteiger partial charge in [0.2, 0.25) is 0 Å². The number of aromatic nitrogens is 3. The summed E-state index contributed by atoms with van der Waals surface area (Å²) < 4.78 is 0. The standard InChI is InChI=1S/C19H19N7OS/c1-25(2)19(27)26-4-3-13-15(9-26)28-18-16(13)17(22-10-23-18)24-12-5-11-6-20-8-14(11)21-7-12/h5-7,10H,3-4,8-9H2,1-2H3,(H,22,23,24). The van der Waals surface area contributed by atoms with Gasteiger partial charge in [-0.25, -0.2) is 14.8 Å². The number of carbonyl (C=O) groups excluding carboxylic acids is 1. The third kappa shape index (κ3) is 2.78. The molecule has 0 aliphatic carbocycles. The zero-order valence-corrected chi connectivity index (χ0v) is 16.5. The van der Waals surface area contributed by atoms with Gasteiger partial charge < -0.3 is 15.1 Å². The molecule has 0 saturated heterocycles. The van der Waals surface area contributed by atoms with Crippen LogP contribution in [0.15, 0.2) is 23.6 Å². The van der Waals surface area contributed by atoms with Crippen LogP contribution in [0.3, 0.4) is 0 Å². The number of carbonyl (C=O) groups is 1. The van der Waals surface area contributed by atoms with E-state index in [4.69, 9.17) is 0 Å². The lowest BCUT2D eigenvalue weighted by Gasteiger charge is -2.29. The number of pyridine rings is 1. The molecule has 3 aromatic rings. The zero-order chi connectivity index (χ0) is 19.3. The number of thiophene rings is 1. The summed E-state index contributed by atoms with van der Waals surface area (Å²) in [6, 6.07) is 2.08. The van der Waals surface area contributed by atoms with E-state index in [9.17, 15) is 4.79 Å². The van der Waals surface area contributed by atoms with E-state index in [0.29, 0.717) is 19.6 Å². The zero-order valence-electron chi connectivity index (χ0n) is 15.6. The van der Waals surface area contributed by atoms with E-state index in [1.54, 1.807) is 36.7 Å². The summed E-state index contributed by atoms with van der Waals surface area (Å²) in [4.78, 5) is 35.6. The first kappa shape index (κ1) is 17.1. The van der Waals surface area contributed by atoms with E-state index < -0.39 is 0 Å². The molecular formula is C19H19N7OS. The molecule has 2 aliphatic rings. The summed E-state index contributed by atoms with van der Waals surface area (Å²) in [5.41, 5.74) is 4.16. The maximum Gasteiger partial charge on any atom is 0.319 e. The third-order valence-corrected chi connectivity index (χ3v) is 6.15. The van der Waals surface area contributed by atoms with Crippen LogP contribution in [0.25, 0.3) is 10.2 Å². The van der Waals surface area contributed by atoms with Crippen molar-refractivity contribution in [2.45, 2.75) is 19.5 Å². The highest BCUT2D eigenvalue weighted by atomic mass is 32.1. The van der Waals surface area contributed by atoms with Crippen LogP contribution in [0.1, 0.15) is 21.7 Å². The second-order valence-electron chi connectivity index (χ2n) is 7.11. The second-order valence-corrected chi connectivity index (χ2v) is 8.19. The smallest absolute Gasteiger partial charge is 0.319 e. The summed E-state index contributed by atoms with van der Waals surface area (Å²) in [7, 11) is 3.57. The summed E-state index contributed by atoms with van der Waals surface area (Å²) >= 11 is 1.64. The maximum absolute atomic E-state index is 12.3. The van der Waals surface area contributed by atoms with Gasteiger partial charge in [-0.15, -0.1) is 11.3 Å². The highest BCUT2D eigenvalue weighted by Gasteiger charge is 2.27. The van der Waals surface area contributed by atoms with Crippen molar-refractivity contribution in [2.24, 2.45) is 4.99 Å². The lowest BCUT2D eigenvalue weighted by atomic mass is 10.1. The summed E-state index contributed by atoms with van der Waals surface area (Å²) in [5, 5.41) is 4.46. The molecule has 5 rings (SSSR count). The van der Waals surface area contributed by atoms with Crippen molar-refractivity contribution in [3.63, 3.8) is 0 Å². The average Bonchev–Trinajstić information content (AvgIpc) is 3.30. The number of hydrogen-bond acceptors (Lipinski definition) is 7. The van der Waals surface area contributed by atoms with Crippen LogP contribution in [0, 0.1) is 0 Å². The Balaban J connectivity index is 1.50. The van der Waals surface area contributed by atoms with E-state index in [1.165, 1.54) is 10.4 Å². The molecule has 2 amide bonds. The minimum atomic E-state index is 0.0402. The van der Waals surface area contributed by atoms with Crippen LogP contribution in [0.2, 0.25) is 0 Å². The molecule has 28 heavy (non-hydrogen) atoms. The van der Waals surface area contributed by atoms with Crippen molar-refractivity contribution in [3.05, 3.63) is 40.3 Å². The Morgan fingerprint density at radius 1 is 1.29 bits per heavy atom. The van der Waals surface area contributed by atoms with E-state index >= 15 is 0 Å². The van der Waals surface area contributed by atoms with Crippen molar-refractivity contribution >= 4 is 45.3 Å². The molecule has 0 spiro atoms. The predicted octanol–water partition coefficient (Wildman–Crippen LogP) is 2.80. The van der Waals surface area contributed by atoms with Gasteiger partial charge in [-0.05, 0) is 18.1 Å². The molecule has 142 valence electrons. The molecule has 0 saturated carbocycles. The van der Waals surface area contributed by atoms with Gasteiger partial charge in [0.05, 0.1) is 36.1 Å². The topological polar surface area (TPSA) is 86.6 Å². The molecule has 0 atom stereocenters. The van der Waals surface area contributed by atoms with Gasteiger partial charge in [0.15, 0.2) is 0 Å². The Bertz CT molecular complexity index is 1120. The normalized spacial score (nSPS) is 14.9. The third-order valence-electron chi connectivity index (χ3n) is 5.03. The molecule has 0 radical (unpaired) electrons. The van der Waals surface area contributed by atoms with Gasteiger partial charge in [-0.1, -0.05) is 0 Å². The molecule has 2 aliphatic heterocycles. The van der Waals surface area contributed by atoms with E-state index in [0.717, 1.165) is 39.4 Å². The van der Waals surface area contributed by atoms with Crippen LogP contribution in [-0.4, -0.2) is 57.6 Å². The van der Waals surface area contributed by atoms with Gasteiger partial charge in [0.25, 0.3) is 0 Å². The first-order valence-electron chi connectivity index (χ1n) is 9.07. The summed E-state index contributed by atoms with van der Waals surface area (Å²) in [6.07, 6.45) is 6.05. The van der Waals surface area contributed by atoms with Crippen molar-refractivity contribution in [3.8, 4) is 0 Å². The van der Waals surface area contributed by atoms with Gasteiger partial charge >= 0.3 is 6.03 Å². The van der Waals surface area contributed by atoms with Gasteiger partial charge in [0, 0.05) is 37.3 Å². The number of anilines is 2. The SMILES string of the molecule is CN(C)C(=O)N1CCc2c(sc3ncnc(Nc4cnc5c(c4)C=NC5)c23)C1. The Hall–Kier alpha value is -3.07. The number of fused-ring (bicyclic) bond motifs is 4. The molecule has 8 nitrogen and oxygen atoms in total. The molecule has 5 heterocycles. The van der Waals surface area contributed by atoms with E-state index in [-0.39, 0.29) is 6.03 Å². The van der Waals surface area contributed by atoms with E-state index in [1.807, 2.05) is 23.4 Å². The first-order chi connectivity index (χ1) is 13.6. The molecule has 0 unspecified atom stereocenters. The van der Waals surface area contributed by atoms with Crippen molar-refractivity contribution in [1.82, 2.24) is 24.8 Å². The lowest BCUT2D eigenvalue weighted by Crippen LogP contribution is -2.41. The van der Waals surface area contributed by atoms with Crippen LogP contribution in [0.5, 0.6) is 0 Å². The number of nitrogens with one attached hydrogen (secondary N) is 1. The molecular weight excluding hydrogens is 374 g/mol. The van der Waals surface area contributed by atoms with Crippen molar-refractivity contribution in [2.75, 3.05) is 26.0 Å². The Morgan fingerprint density at radius 3 is 3.04 bits per heavy atom. The lowest BCUT2D eigenvalue weighted by molar-refractivity contribution is 0.166. The molecule has 1 N–H and O–H groups in total. The fourth-order valence-electron chi connectivity index (χ4n) is 3.66. The molecule has 0 fully saturated rings. The van der Waals surface area contributed by atoms with Crippen LogP contribution < -0.4 is 5.32 Å². The number of amides is 2. The average molecular weight is 393 g/mol. The fraction of sp³-hybridized carbons (Fsp3) is 0.316. The number of nitrogens with zero attached hydrogens (tertiary/aromatic N) is 6. The highest BCUT2D eigenvalue weighted by molar-refractivity contribution is 7.19. The Labute approximate surface area is 166 Å². The highest BCUT2D eigenvalue weighted by Crippen LogP contribution is 2.38. The van der Waals surface area contributed by atoms with Gasteiger partial charge in [-0.3, -0.25) is 9.98 Å². The number of hydrogen-bond donors (Lipinski definition) is 1. The number of urea groups is 1. The van der Waals surface area contributed by atoms with E-state index in [2.05, 4.69) is 25.3 Å². The van der Waals surface area contributed by atoms with Gasteiger partial charge in [0.1, 0.15) is 17.0 Å². The largest absolute Gasteiger partial charge is 0.338 e. The van der Waals surface area contributed by atoms with Crippen LogP contribution >= 0.6 is 11.3 Å². The quantitative estimate of drug-likeness (QED) is 0.723. The molecule has 3 aromatic heterocycles. The second kappa shape index (κ2) is 6.52. The van der Waals surface area contributed by atoms with Crippen LogP contribution in [0.4, 0.5) is 16.3 Å². The minimum absolute atomic E-state index is 0.0402. The molecule has 9 heteroatoms. The number of aliphatic imine (C=N–C) groups is 1. The Morgan fingerprint density at radius 2 is 2.18 bits per heavy atom. The maximum atomic E-state index is 12.3. The minimum Gasteiger partial charge on any atom is -0.338 e. The number of rotatable bonds is 2. The fourth-order valence-corrected chi connectivity index (χ4v) is 4.86. The summed E-state index contributed by atoms with van der Waals surface area (Å²) in [5.74, 6) is 0.784. The monoisotopic (exact) mass is 393 g/mol.